The summed E-state index contributed by atoms with van der Waals surface area (Å²) < 4.78 is 5.04. The number of thioether (sulfide) groups is 1. The minimum Gasteiger partial charge on any atom is -0.385 e. The minimum atomic E-state index is -0.0216. The number of aliphatic imine (C=N–C) groups is 1. The van der Waals surface area contributed by atoms with E-state index >= 15 is 0 Å². The van der Waals surface area contributed by atoms with E-state index in [9.17, 15) is 4.79 Å². The standard InChI is InChI=1S/C17H28N4O2S/c1-21(2)16(22)14-20-17(18-10-7-12-23-3)19-11-13-24-15-8-5-4-6-9-15/h4-6,8-9H,7,10-14H2,1-3H3,(H2,18,19,20). The van der Waals surface area contributed by atoms with E-state index in [4.69, 9.17) is 4.74 Å². The van der Waals surface area contributed by atoms with Crippen LogP contribution in [-0.2, 0) is 9.53 Å². The Morgan fingerprint density at radius 2 is 1.92 bits per heavy atom. The maximum absolute atomic E-state index is 11.7. The average Bonchev–Trinajstić information content (AvgIpc) is 2.59. The maximum atomic E-state index is 11.7. The molecule has 0 aliphatic heterocycles. The maximum Gasteiger partial charge on any atom is 0.243 e. The number of guanidine groups is 1. The van der Waals surface area contributed by atoms with Gasteiger partial charge < -0.3 is 20.3 Å². The molecular formula is C17H28N4O2S. The molecule has 0 unspecified atom stereocenters. The van der Waals surface area contributed by atoms with Crippen LogP contribution >= 0.6 is 11.8 Å². The Balaban J connectivity index is 2.38. The van der Waals surface area contributed by atoms with Gasteiger partial charge in [0.1, 0.15) is 6.54 Å². The fourth-order valence-electron chi connectivity index (χ4n) is 1.74. The summed E-state index contributed by atoms with van der Waals surface area (Å²) in [6.07, 6.45) is 0.887. The highest BCUT2D eigenvalue weighted by atomic mass is 32.2. The third-order valence-corrected chi connectivity index (χ3v) is 4.11. The van der Waals surface area contributed by atoms with E-state index in [-0.39, 0.29) is 12.5 Å². The van der Waals surface area contributed by atoms with Gasteiger partial charge in [-0.25, -0.2) is 4.99 Å². The van der Waals surface area contributed by atoms with Crippen LogP contribution in [-0.4, -0.2) is 70.0 Å². The summed E-state index contributed by atoms with van der Waals surface area (Å²) in [5, 5.41) is 6.49. The van der Waals surface area contributed by atoms with Crippen molar-refractivity contribution >= 4 is 23.6 Å². The van der Waals surface area contributed by atoms with E-state index in [0.29, 0.717) is 12.6 Å². The van der Waals surface area contributed by atoms with Crippen molar-refractivity contribution in [2.24, 2.45) is 4.99 Å². The van der Waals surface area contributed by atoms with Crippen LogP contribution in [0.1, 0.15) is 6.42 Å². The van der Waals surface area contributed by atoms with E-state index in [1.54, 1.807) is 33.0 Å². The molecule has 0 aliphatic carbocycles. The van der Waals surface area contributed by atoms with Gasteiger partial charge in [-0.15, -0.1) is 11.8 Å². The van der Waals surface area contributed by atoms with Gasteiger partial charge in [0.05, 0.1) is 0 Å². The first-order valence-corrected chi connectivity index (χ1v) is 9.01. The lowest BCUT2D eigenvalue weighted by Gasteiger charge is -2.13. The fourth-order valence-corrected chi connectivity index (χ4v) is 2.53. The van der Waals surface area contributed by atoms with Gasteiger partial charge in [-0.05, 0) is 18.6 Å². The highest BCUT2D eigenvalue weighted by Gasteiger charge is 2.04. The van der Waals surface area contributed by atoms with Crippen LogP contribution < -0.4 is 10.6 Å². The molecular weight excluding hydrogens is 324 g/mol. The van der Waals surface area contributed by atoms with Crippen LogP contribution in [0.4, 0.5) is 0 Å². The van der Waals surface area contributed by atoms with E-state index in [1.165, 1.54) is 9.80 Å². The molecule has 1 rings (SSSR count). The molecule has 7 heteroatoms. The second-order valence-electron chi connectivity index (χ2n) is 5.31. The highest BCUT2D eigenvalue weighted by molar-refractivity contribution is 7.99. The Hall–Kier alpha value is -1.73. The monoisotopic (exact) mass is 352 g/mol. The van der Waals surface area contributed by atoms with Gasteiger partial charge in [0.2, 0.25) is 5.91 Å². The Bertz CT molecular complexity index is 495. The van der Waals surface area contributed by atoms with Crippen molar-refractivity contribution in [3.05, 3.63) is 30.3 Å². The van der Waals surface area contributed by atoms with Gasteiger partial charge in [-0.1, -0.05) is 18.2 Å². The lowest BCUT2D eigenvalue weighted by Crippen LogP contribution is -2.40. The number of carbonyl (C=O) groups excluding carboxylic acids is 1. The second-order valence-corrected chi connectivity index (χ2v) is 6.48. The third-order valence-electron chi connectivity index (χ3n) is 3.10. The SMILES string of the molecule is COCCCNC(=NCC(=O)N(C)C)NCCSc1ccccc1. The molecule has 0 bridgehead atoms. The van der Waals surface area contributed by atoms with Crippen molar-refractivity contribution in [2.75, 3.05) is 53.2 Å². The van der Waals surface area contributed by atoms with Crippen LogP contribution in [0.25, 0.3) is 0 Å². The van der Waals surface area contributed by atoms with Crippen LogP contribution in [0, 0.1) is 0 Å². The van der Waals surface area contributed by atoms with E-state index < -0.39 is 0 Å². The molecule has 0 aliphatic rings. The molecule has 0 saturated carbocycles. The Labute approximate surface area is 149 Å². The summed E-state index contributed by atoms with van der Waals surface area (Å²) in [4.78, 5) is 18.8. The summed E-state index contributed by atoms with van der Waals surface area (Å²) in [5.74, 6) is 1.56. The predicted molar refractivity (Wildman–Crippen MR) is 101 cm³/mol. The molecule has 0 atom stereocenters. The van der Waals surface area contributed by atoms with Gasteiger partial charge in [-0.3, -0.25) is 4.79 Å². The molecule has 0 aromatic heterocycles. The fraction of sp³-hybridized carbons (Fsp3) is 0.529. The summed E-state index contributed by atoms with van der Waals surface area (Å²) in [7, 11) is 5.14. The number of nitrogens with zero attached hydrogens (tertiary/aromatic N) is 2. The number of benzene rings is 1. The predicted octanol–water partition coefficient (Wildman–Crippen LogP) is 1.44. The number of nitrogens with one attached hydrogen (secondary N) is 2. The topological polar surface area (TPSA) is 66.0 Å². The minimum absolute atomic E-state index is 0.0216. The zero-order valence-corrected chi connectivity index (χ0v) is 15.6. The first kappa shape index (κ1) is 20.3. The lowest BCUT2D eigenvalue weighted by molar-refractivity contribution is -0.127. The van der Waals surface area contributed by atoms with E-state index in [2.05, 4.69) is 27.8 Å². The molecule has 2 N–H and O–H groups in total. The van der Waals surface area contributed by atoms with Crippen molar-refractivity contribution < 1.29 is 9.53 Å². The quantitative estimate of drug-likeness (QED) is 0.289. The smallest absolute Gasteiger partial charge is 0.243 e. The number of hydrogen-bond donors (Lipinski definition) is 2. The normalized spacial score (nSPS) is 11.2. The molecule has 0 fully saturated rings. The second kappa shape index (κ2) is 12.7. The van der Waals surface area contributed by atoms with Crippen molar-refractivity contribution in [3.8, 4) is 0 Å². The molecule has 0 saturated heterocycles. The summed E-state index contributed by atoms with van der Waals surface area (Å²) >= 11 is 1.78. The largest absolute Gasteiger partial charge is 0.385 e. The van der Waals surface area contributed by atoms with Crippen molar-refractivity contribution in [1.82, 2.24) is 15.5 Å². The van der Waals surface area contributed by atoms with Gasteiger partial charge in [-0.2, -0.15) is 0 Å². The molecule has 0 spiro atoms. The third kappa shape index (κ3) is 9.42. The number of hydrogen-bond acceptors (Lipinski definition) is 4. The molecule has 1 aromatic rings. The number of methoxy groups -OCH3 is 1. The molecule has 0 radical (unpaired) electrons. The van der Waals surface area contributed by atoms with Crippen LogP contribution in [0.3, 0.4) is 0 Å². The van der Waals surface area contributed by atoms with E-state index in [0.717, 1.165) is 25.3 Å². The molecule has 24 heavy (non-hydrogen) atoms. The molecule has 1 aromatic carbocycles. The van der Waals surface area contributed by atoms with Crippen molar-refractivity contribution in [1.29, 1.82) is 0 Å². The van der Waals surface area contributed by atoms with Gasteiger partial charge in [0.25, 0.3) is 0 Å². The van der Waals surface area contributed by atoms with Crippen molar-refractivity contribution in [2.45, 2.75) is 11.3 Å². The summed E-state index contributed by atoms with van der Waals surface area (Å²) in [6.45, 7) is 2.35. The summed E-state index contributed by atoms with van der Waals surface area (Å²) in [6, 6.07) is 10.3. The van der Waals surface area contributed by atoms with Crippen LogP contribution in [0.2, 0.25) is 0 Å². The molecule has 134 valence electrons. The van der Waals surface area contributed by atoms with Crippen LogP contribution in [0.5, 0.6) is 0 Å². The van der Waals surface area contributed by atoms with Crippen molar-refractivity contribution in [3.63, 3.8) is 0 Å². The lowest BCUT2D eigenvalue weighted by atomic mass is 10.4. The highest BCUT2D eigenvalue weighted by Crippen LogP contribution is 2.15. The first-order chi connectivity index (χ1) is 11.6. The summed E-state index contributed by atoms with van der Waals surface area (Å²) in [5.41, 5.74) is 0. The van der Waals surface area contributed by atoms with Gasteiger partial charge >= 0.3 is 0 Å². The van der Waals surface area contributed by atoms with Gasteiger partial charge in [0, 0.05) is 51.5 Å². The first-order valence-electron chi connectivity index (χ1n) is 8.02. The average molecular weight is 353 g/mol. The van der Waals surface area contributed by atoms with Crippen LogP contribution in [0.15, 0.2) is 40.2 Å². The zero-order chi connectivity index (χ0) is 17.6. The number of ether oxygens (including phenoxy) is 1. The van der Waals surface area contributed by atoms with Gasteiger partial charge in [0.15, 0.2) is 5.96 Å². The number of amides is 1. The number of rotatable bonds is 10. The molecule has 0 heterocycles. The zero-order valence-electron chi connectivity index (χ0n) is 14.7. The Morgan fingerprint density at radius 1 is 1.21 bits per heavy atom. The Kier molecular flexibility index (Phi) is 10.7. The Morgan fingerprint density at radius 3 is 2.58 bits per heavy atom. The number of likely N-dealkylation sites (N-methyl/N-ethyl adjacent to an activating group) is 1. The van der Waals surface area contributed by atoms with E-state index in [1.807, 2.05) is 18.2 Å². The number of carbonyl (C=O) groups is 1. The molecule has 1 amide bonds. The molecule has 6 nitrogen and oxygen atoms in total.